The van der Waals surface area contributed by atoms with Gasteiger partial charge in [-0.25, -0.2) is 0 Å². The van der Waals surface area contributed by atoms with E-state index in [0.717, 1.165) is 6.42 Å². The van der Waals surface area contributed by atoms with E-state index in [2.05, 4.69) is 5.32 Å². The first-order valence-corrected chi connectivity index (χ1v) is 8.91. The molecule has 0 heterocycles. The van der Waals surface area contributed by atoms with E-state index in [-0.39, 0.29) is 5.91 Å². The lowest BCUT2D eigenvalue weighted by Crippen LogP contribution is -2.14. The maximum absolute atomic E-state index is 12.6. The molecule has 3 rings (SSSR count). The van der Waals surface area contributed by atoms with Crippen molar-refractivity contribution >= 4 is 34.8 Å². The number of halogens is 2. The summed E-state index contributed by atoms with van der Waals surface area (Å²) in [5.74, 6) is 0.277. The Morgan fingerprint density at radius 2 is 1.62 bits per heavy atom. The maximum Gasteiger partial charge on any atom is 0.259 e. The van der Waals surface area contributed by atoms with Crippen LogP contribution >= 0.6 is 23.2 Å². The van der Waals surface area contributed by atoms with Crippen molar-refractivity contribution in [1.82, 2.24) is 0 Å². The highest BCUT2D eigenvalue weighted by Crippen LogP contribution is 2.26. The Hall–Kier alpha value is -2.49. The average molecular weight is 386 g/mol. The van der Waals surface area contributed by atoms with Gasteiger partial charge in [0.15, 0.2) is 0 Å². The third kappa shape index (κ3) is 4.78. The topological polar surface area (TPSA) is 38.3 Å². The third-order valence-corrected chi connectivity index (χ3v) is 4.54. The molecule has 0 radical (unpaired) electrons. The van der Waals surface area contributed by atoms with Gasteiger partial charge >= 0.3 is 0 Å². The minimum absolute atomic E-state index is 0.265. The highest BCUT2D eigenvalue weighted by atomic mass is 35.5. The first kappa shape index (κ1) is 18.3. The Morgan fingerprint density at radius 1 is 0.885 bits per heavy atom. The van der Waals surface area contributed by atoms with Gasteiger partial charge in [0, 0.05) is 12.1 Å². The van der Waals surface area contributed by atoms with Crippen molar-refractivity contribution in [1.29, 1.82) is 0 Å². The van der Waals surface area contributed by atoms with Crippen LogP contribution < -0.4 is 10.1 Å². The zero-order valence-corrected chi connectivity index (χ0v) is 15.4. The Bertz CT molecular complexity index is 898. The monoisotopic (exact) mass is 385 g/mol. The van der Waals surface area contributed by atoms with E-state index in [9.17, 15) is 4.79 Å². The summed E-state index contributed by atoms with van der Waals surface area (Å²) in [7, 11) is 0. The lowest BCUT2D eigenvalue weighted by Gasteiger charge is -2.12. The molecule has 0 aliphatic carbocycles. The molecule has 0 aromatic heterocycles. The molecule has 0 spiro atoms. The quantitative estimate of drug-likeness (QED) is 0.576. The molecule has 1 amide bonds. The van der Waals surface area contributed by atoms with Gasteiger partial charge in [-0.2, -0.15) is 0 Å². The third-order valence-electron chi connectivity index (χ3n) is 3.80. The highest BCUT2D eigenvalue weighted by Gasteiger charge is 2.13. The van der Waals surface area contributed by atoms with E-state index in [1.165, 1.54) is 5.56 Å². The largest absolute Gasteiger partial charge is 0.492 e. The first-order valence-electron chi connectivity index (χ1n) is 8.15. The van der Waals surface area contributed by atoms with Gasteiger partial charge in [0.1, 0.15) is 5.75 Å². The second-order valence-electron chi connectivity index (χ2n) is 5.66. The van der Waals surface area contributed by atoms with Gasteiger partial charge in [-0.3, -0.25) is 4.79 Å². The number of amides is 1. The molecule has 0 saturated heterocycles. The minimum atomic E-state index is -0.265. The number of carbonyl (C=O) groups is 1. The van der Waals surface area contributed by atoms with Crippen molar-refractivity contribution in [2.75, 3.05) is 11.9 Å². The van der Waals surface area contributed by atoms with Crippen molar-refractivity contribution < 1.29 is 9.53 Å². The number of ether oxygens (including phenoxy) is 1. The molecule has 5 heteroatoms. The van der Waals surface area contributed by atoms with Crippen LogP contribution in [0.2, 0.25) is 10.0 Å². The van der Waals surface area contributed by atoms with E-state index in [1.54, 1.807) is 36.4 Å². The predicted octanol–water partition coefficient (Wildman–Crippen LogP) is 5.87. The zero-order valence-electron chi connectivity index (χ0n) is 13.9. The number of hydrogen-bond donors (Lipinski definition) is 1. The van der Waals surface area contributed by atoms with Gasteiger partial charge in [-0.1, -0.05) is 65.7 Å². The Kier molecular flexibility index (Phi) is 6.16. The number of para-hydroxylation sites is 1. The normalized spacial score (nSPS) is 10.4. The van der Waals surface area contributed by atoms with Gasteiger partial charge in [0.25, 0.3) is 5.91 Å². The van der Waals surface area contributed by atoms with E-state index in [4.69, 9.17) is 27.9 Å². The molecule has 3 nitrogen and oxygen atoms in total. The van der Waals surface area contributed by atoms with Crippen LogP contribution in [0.15, 0.2) is 72.8 Å². The summed E-state index contributed by atoms with van der Waals surface area (Å²) in [5, 5.41) is 3.64. The summed E-state index contributed by atoms with van der Waals surface area (Å²) in [4.78, 5) is 12.6. The number of benzene rings is 3. The summed E-state index contributed by atoms with van der Waals surface area (Å²) in [6.45, 7) is 0.487. The molecule has 0 fully saturated rings. The lowest BCUT2D eigenvalue weighted by molar-refractivity contribution is 0.102. The van der Waals surface area contributed by atoms with Crippen LogP contribution in [0.25, 0.3) is 0 Å². The highest BCUT2D eigenvalue weighted by molar-refractivity contribution is 6.42. The van der Waals surface area contributed by atoms with Crippen LogP contribution in [0.3, 0.4) is 0 Å². The van der Waals surface area contributed by atoms with Crippen LogP contribution in [-0.4, -0.2) is 12.5 Å². The molecule has 0 unspecified atom stereocenters. The first-order chi connectivity index (χ1) is 12.6. The van der Waals surface area contributed by atoms with Crippen molar-refractivity contribution in [3.63, 3.8) is 0 Å². The van der Waals surface area contributed by atoms with Crippen LogP contribution in [-0.2, 0) is 6.42 Å². The van der Waals surface area contributed by atoms with Gasteiger partial charge in [0.05, 0.1) is 22.2 Å². The fourth-order valence-corrected chi connectivity index (χ4v) is 2.77. The van der Waals surface area contributed by atoms with E-state index in [0.29, 0.717) is 33.7 Å². The van der Waals surface area contributed by atoms with Gasteiger partial charge < -0.3 is 10.1 Å². The smallest absolute Gasteiger partial charge is 0.259 e. The average Bonchev–Trinajstić information content (AvgIpc) is 2.66. The van der Waals surface area contributed by atoms with E-state index in [1.807, 2.05) is 36.4 Å². The Morgan fingerprint density at radius 3 is 2.38 bits per heavy atom. The molecule has 0 atom stereocenters. The molecule has 0 saturated carbocycles. The summed E-state index contributed by atoms with van der Waals surface area (Å²) in [6, 6.07) is 22.2. The molecule has 1 N–H and O–H groups in total. The van der Waals surface area contributed by atoms with Crippen molar-refractivity contribution in [2.24, 2.45) is 0 Å². The second-order valence-corrected chi connectivity index (χ2v) is 6.48. The number of nitrogens with one attached hydrogen (secondary N) is 1. The van der Waals surface area contributed by atoms with Gasteiger partial charge in [-0.05, 0) is 35.9 Å². The molecular weight excluding hydrogens is 369 g/mol. The Balaban J connectivity index is 1.67. The van der Waals surface area contributed by atoms with Crippen LogP contribution in [0.1, 0.15) is 15.9 Å². The Labute approximate surface area is 162 Å². The molecule has 26 heavy (non-hydrogen) atoms. The minimum Gasteiger partial charge on any atom is -0.492 e. The zero-order chi connectivity index (χ0) is 18.4. The van der Waals surface area contributed by atoms with Crippen molar-refractivity contribution in [3.8, 4) is 5.75 Å². The molecule has 132 valence electrons. The molecule has 0 aliphatic heterocycles. The van der Waals surface area contributed by atoms with Crippen molar-refractivity contribution in [3.05, 3.63) is 94.0 Å². The molecule has 0 bridgehead atoms. The lowest BCUT2D eigenvalue weighted by atomic mass is 10.1. The van der Waals surface area contributed by atoms with Gasteiger partial charge in [-0.15, -0.1) is 0 Å². The fourth-order valence-electron chi connectivity index (χ4n) is 2.48. The number of anilines is 1. The van der Waals surface area contributed by atoms with E-state index >= 15 is 0 Å². The van der Waals surface area contributed by atoms with Crippen molar-refractivity contribution in [2.45, 2.75) is 6.42 Å². The summed E-state index contributed by atoms with van der Waals surface area (Å²) < 4.78 is 5.83. The molecule has 3 aromatic carbocycles. The summed E-state index contributed by atoms with van der Waals surface area (Å²) >= 11 is 11.9. The standard InChI is InChI=1S/C21H17Cl2NO2/c22-18-11-10-16(14-19(18)23)24-21(25)17-8-4-5-9-20(17)26-13-12-15-6-2-1-3-7-15/h1-11,14H,12-13H2,(H,24,25). The predicted molar refractivity (Wildman–Crippen MR) is 106 cm³/mol. The molecule has 3 aromatic rings. The van der Waals surface area contributed by atoms with Crippen LogP contribution in [0.4, 0.5) is 5.69 Å². The second kappa shape index (κ2) is 8.75. The SMILES string of the molecule is O=C(Nc1ccc(Cl)c(Cl)c1)c1ccccc1OCCc1ccccc1. The van der Waals surface area contributed by atoms with Crippen LogP contribution in [0, 0.1) is 0 Å². The summed E-state index contributed by atoms with van der Waals surface area (Å²) in [5.41, 5.74) is 2.22. The maximum atomic E-state index is 12.6. The number of carbonyl (C=O) groups excluding carboxylic acids is 1. The number of hydrogen-bond acceptors (Lipinski definition) is 2. The molecular formula is C21H17Cl2NO2. The van der Waals surface area contributed by atoms with E-state index < -0.39 is 0 Å². The fraction of sp³-hybridized carbons (Fsp3) is 0.0952. The van der Waals surface area contributed by atoms with Gasteiger partial charge in [0.2, 0.25) is 0 Å². The number of rotatable bonds is 6. The molecule has 0 aliphatic rings. The summed E-state index contributed by atoms with van der Waals surface area (Å²) in [6.07, 6.45) is 0.767. The van der Waals surface area contributed by atoms with Crippen LogP contribution in [0.5, 0.6) is 5.75 Å².